The summed E-state index contributed by atoms with van der Waals surface area (Å²) in [7, 11) is 0. The van der Waals surface area contributed by atoms with Crippen molar-refractivity contribution in [1.29, 1.82) is 0 Å². The lowest BCUT2D eigenvalue weighted by Crippen LogP contribution is -2.51. The first kappa shape index (κ1) is 6.67. The van der Waals surface area contributed by atoms with E-state index >= 15 is 0 Å². The summed E-state index contributed by atoms with van der Waals surface area (Å²) in [6, 6.07) is 0.0602. The predicted molar refractivity (Wildman–Crippen MR) is 38.8 cm³/mol. The normalized spacial score (nSPS) is 29.6. The molecule has 0 aliphatic carbocycles. The van der Waals surface area contributed by atoms with Gasteiger partial charge >= 0.3 is 0 Å². The van der Waals surface area contributed by atoms with E-state index in [2.05, 4.69) is 10.6 Å². The van der Waals surface area contributed by atoms with Crippen molar-refractivity contribution in [2.75, 3.05) is 19.7 Å². The summed E-state index contributed by atoms with van der Waals surface area (Å²) in [4.78, 5) is 10.8. The number of hydrogen-bond acceptors (Lipinski definition) is 3. The highest BCUT2D eigenvalue weighted by Crippen LogP contribution is 2.10. The second-order valence-electron chi connectivity index (χ2n) is 2.67. The first-order chi connectivity index (χ1) is 5.36. The van der Waals surface area contributed by atoms with Crippen LogP contribution >= 0.6 is 0 Å². The van der Waals surface area contributed by atoms with Crippen LogP contribution in [0.15, 0.2) is 11.8 Å². The van der Waals surface area contributed by atoms with Crippen LogP contribution in [0.5, 0.6) is 0 Å². The molecule has 2 N–H and O–H groups in total. The van der Waals surface area contributed by atoms with Crippen LogP contribution in [0.4, 0.5) is 0 Å². The Balaban J connectivity index is 2.12. The molecule has 0 spiro atoms. The molecule has 1 atom stereocenters. The van der Waals surface area contributed by atoms with Crippen molar-refractivity contribution >= 4 is 5.91 Å². The molecule has 1 amide bonds. The van der Waals surface area contributed by atoms with Gasteiger partial charge in [-0.25, -0.2) is 0 Å². The van der Waals surface area contributed by atoms with Gasteiger partial charge in [0.2, 0.25) is 0 Å². The third kappa shape index (κ3) is 1.21. The SMILES string of the molecule is O=C1COC2=CCNCC2N1. The molecule has 4 heteroatoms. The molecule has 4 nitrogen and oxygen atoms in total. The van der Waals surface area contributed by atoms with Crippen LogP contribution < -0.4 is 10.6 Å². The van der Waals surface area contributed by atoms with E-state index in [1.807, 2.05) is 6.08 Å². The Morgan fingerprint density at radius 3 is 3.45 bits per heavy atom. The molecule has 1 fully saturated rings. The summed E-state index contributed by atoms with van der Waals surface area (Å²) >= 11 is 0. The zero-order chi connectivity index (χ0) is 7.68. The summed E-state index contributed by atoms with van der Waals surface area (Å²) in [6.45, 7) is 1.78. The van der Waals surface area contributed by atoms with Gasteiger partial charge in [0.05, 0.1) is 6.04 Å². The molecule has 0 aromatic heterocycles. The third-order valence-corrected chi connectivity index (χ3v) is 1.84. The zero-order valence-corrected chi connectivity index (χ0v) is 6.09. The summed E-state index contributed by atoms with van der Waals surface area (Å²) < 4.78 is 5.20. The van der Waals surface area contributed by atoms with Crippen molar-refractivity contribution in [2.24, 2.45) is 0 Å². The molecule has 2 aliphatic heterocycles. The molecule has 0 saturated carbocycles. The fourth-order valence-electron chi connectivity index (χ4n) is 1.31. The van der Waals surface area contributed by atoms with Crippen molar-refractivity contribution in [2.45, 2.75) is 6.04 Å². The van der Waals surface area contributed by atoms with E-state index in [0.717, 1.165) is 18.8 Å². The van der Waals surface area contributed by atoms with Crippen LogP contribution in [-0.4, -0.2) is 31.6 Å². The fraction of sp³-hybridized carbons (Fsp3) is 0.571. The number of nitrogens with one attached hydrogen (secondary N) is 2. The van der Waals surface area contributed by atoms with Gasteiger partial charge in [-0.1, -0.05) is 0 Å². The zero-order valence-electron chi connectivity index (χ0n) is 6.09. The molecule has 0 aromatic carbocycles. The number of carbonyl (C=O) groups excluding carboxylic acids is 1. The summed E-state index contributed by atoms with van der Waals surface area (Å²) in [6.07, 6.45) is 1.97. The van der Waals surface area contributed by atoms with Crippen molar-refractivity contribution in [1.82, 2.24) is 10.6 Å². The van der Waals surface area contributed by atoms with Gasteiger partial charge in [-0.05, 0) is 6.08 Å². The minimum Gasteiger partial charge on any atom is -0.486 e. The second-order valence-corrected chi connectivity index (χ2v) is 2.67. The van der Waals surface area contributed by atoms with Crippen molar-refractivity contribution in [3.8, 4) is 0 Å². The quantitative estimate of drug-likeness (QED) is 0.470. The number of amides is 1. The van der Waals surface area contributed by atoms with Crippen molar-refractivity contribution in [3.63, 3.8) is 0 Å². The molecule has 0 aromatic rings. The highest BCUT2D eigenvalue weighted by Gasteiger charge is 2.25. The molecule has 0 radical (unpaired) electrons. The Bertz CT molecular complexity index is 212. The van der Waals surface area contributed by atoms with Gasteiger partial charge < -0.3 is 15.4 Å². The van der Waals surface area contributed by atoms with Crippen molar-refractivity contribution < 1.29 is 9.53 Å². The molecule has 60 valence electrons. The van der Waals surface area contributed by atoms with Crippen LogP contribution in [0.3, 0.4) is 0 Å². The van der Waals surface area contributed by atoms with Gasteiger partial charge in [0.25, 0.3) is 5.91 Å². The average molecular weight is 154 g/mol. The van der Waals surface area contributed by atoms with E-state index in [-0.39, 0.29) is 18.6 Å². The van der Waals surface area contributed by atoms with E-state index < -0.39 is 0 Å². The largest absolute Gasteiger partial charge is 0.486 e. The molecule has 1 saturated heterocycles. The Hall–Kier alpha value is -1.03. The van der Waals surface area contributed by atoms with Gasteiger partial charge in [-0.15, -0.1) is 0 Å². The lowest BCUT2D eigenvalue weighted by Gasteiger charge is -2.29. The van der Waals surface area contributed by atoms with Gasteiger partial charge in [-0.2, -0.15) is 0 Å². The number of ether oxygens (including phenoxy) is 1. The first-order valence-corrected chi connectivity index (χ1v) is 3.69. The monoisotopic (exact) mass is 154 g/mol. The van der Waals surface area contributed by atoms with Crippen molar-refractivity contribution in [3.05, 3.63) is 11.8 Å². The Morgan fingerprint density at radius 1 is 1.64 bits per heavy atom. The molecular weight excluding hydrogens is 144 g/mol. The lowest BCUT2D eigenvalue weighted by atomic mass is 10.1. The minimum atomic E-state index is -0.0316. The Labute approximate surface area is 64.6 Å². The van der Waals surface area contributed by atoms with Gasteiger partial charge in [0, 0.05) is 13.1 Å². The first-order valence-electron chi connectivity index (χ1n) is 3.69. The molecule has 1 unspecified atom stereocenters. The summed E-state index contributed by atoms with van der Waals surface area (Å²) in [5.41, 5.74) is 0. The number of carbonyl (C=O) groups is 1. The van der Waals surface area contributed by atoms with E-state index in [9.17, 15) is 4.79 Å². The van der Waals surface area contributed by atoms with Crippen LogP contribution in [0.25, 0.3) is 0 Å². The van der Waals surface area contributed by atoms with E-state index in [4.69, 9.17) is 4.74 Å². The van der Waals surface area contributed by atoms with E-state index in [1.54, 1.807) is 0 Å². The Kier molecular flexibility index (Phi) is 1.54. The molecule has 0 bridgehead atoms. The predicted octanol–water partition coefficient (Wildman–Crippen LogP) is -1.01. The maximum atomic E-state index is 10.8. The smallest absolute Gasteiger partial charge is 0.258 e. The minimum absolute atomic E-state index is 0.0316. The topological polar surface area (TPSA) is 50.4 Å². The van der Waals surface area contributed by atoms with Gasteiger partial charge in [-0.3, -0.25) is 4.79 Å². The highest BCUT2D eigenvalue weighted by atomic mass is 16.5. The Morgan fingerprint density at radius 2 is 2.55 bits per heavy atom. The number of morpholine rings is 1. The maximum Gasteiger partial charge on any atom is 0.258 e. The maximum absolute atomic E-state index is 10.8. The molecule has 11 heavy (non-hydrogen) atoms. The summed E-state index contributed by atoms with van der Waals surface area (Å²) in [5, 5.41) is 5.96. The van der Waals surface area contributed by atoms with Crippen LogP contribution in [0, 0.1) is 0 Å². The summed E-state index contributed by atoms with van der Waals surface area (Å²) in [5.74, 6) is 0.874. The van der Waals surface area contributed by atoms with Gasteiger partial charge in [0.15, 0.2) is 6.61 Å². The molecular formula is C7H10N2O2. The highest BCUT2D eigenvalue weighted by molar-refractivity contribution is 5.79. The lowest BCUT2D eigenvalue weighted by molar-refractivity contribution is -0.128. The van der Waals surface area contributed by atoms with E-state index in [1.165, 1.54) is 0 Å². The van der Waals surface area contributed by atoms with Crippen LogP contribution in [0.1, 0.15) is 0 Å². The molecule has 2 aliphatic rings. The molecule has 2 rings (SSSR count). The third-order valence-electron chi connectivity index (χ3n) is 1.84. The standard InChI is InChI=1S/C7H10N2O2/c10-7-4-11-6-1-2-8-3-5(6)9-7/h1,5,8H,2-4H2,(H,9,10). The fourth-order valence-corrected chi connectivity index (χ4v) is 1.31. The average Bonchev–Trinajstić information content (AvgIpc) is 2.04. The van der Waals surface area contributed by atoms with Crippen LogP contribution in [0.2, 0.25) is 0 Å². The number of hydrogen-bond donors (Lipinski definition) is 2. The molecule has 2 heterocycles. The number of fused-ring (bicyclic) bond motifs is 1. The van der Waals surface area contributed by atoms with Crippen LogP contribution in [-0.2, 0) is 9.53 Å². The number of rotatable bonds is 0. The van der Waals surface area contributed by atoms with E-state index in [0.29, 0.717) is 0 Å². The second kappa shape index (κ2) is 2.54. The van der Waals surface area contributed by atoms with Gasteiger partial charge in [0.1, 0.15) is 5.76 Å².